The predicted molar refractivity (Wildman–Crippen MR) is 84.5 cm³/mol. The molecule has 20 heavy (non-hydrogen) atoms. The lowest BCUT2D eigenvalue weighted by Crippen LogP contribution is -2.45. The molecule has 0 radical (unpaired) electrons. The van der Waals surface area contributed by atoms with Crippen LogP contribution < -0.4 is 10.6 Å². The highest BCUT2D eigenvalue weighted by Crippen LogP contribution is 2.19. The fourth-order valence-corrected chi connectivity index (χ4v) is 3.08. The average Bonchev–Trinajstić information content (AvgIpc) is 3.00. The van der Waals surface area contributed by atoms with Gasteiger partial charge in [-0.15, -0.1) is 23.7 Å². The molecule has 8 heteroatoms. The highest BCUT2D eigenvalue weighted by Gasteiger charge is 2.18. The number of anilines is 2. The molecule has 1 aliphatic rings. The van der Waals surface area contributed by atoms with Gasteiger partial charge in [0.05, 0.1) is 11.9 Å². The first kappa shape index (κ1) is 15.1. The average molecular weight is 315 g/mol. The molecule has 0 atom stereocenters. The minimum Gasteiger partial charge on any atom is -0.375 e. The Bertz CT molecular complexity index is 546. The molecule has 0 amide bonds. The molecule has 1 fully saturated rings. The molecule has 0 spiro atoms. The van der Waals surface area contributed by atoms with Gasteiger partial charge < -0.3 is 10.6 Å². The lowest BCUT2D eigenvalue weighted by atomic mass is 10.3. The van der Waals surface area contributed by atoms with E-state index in [9.17, 15) is 0 Å². The minimum absolute atomic E-state index is 0. The van der Waals surface area contributed by atoms with Crippen molar-refractivity contribution in [1.29, 1.82) is 0 Å². The Morgan fingerprint density at radius 1 is 1.25 bits per heavy atom. The number of nitrogens with zero attached hydrogens (tertiary/aromatic N) is 5. The van der Waals surface area contributed by atoms with Gasteiger partial charge in [-0.1, -0.05) is 0 Å². The van der Waals surface area contributed by atoms with Crippen LogP contribution in [0.1, 0.15) is 4.88 Å². The van der Waals surface area contributed by atoms with E-state index in [0.717, 1.165) is 32.7 Å². The standard InChI is InChI=1S/C12H18N6S.ClH/c1-16-8-10(6-15-16)18-4-2-17(3-5-18)9-11-7-14-12(13)19-11;/h6-8H,2-5,9H2,1H3,(H2,13,14);1H. The maximum atomic E-state index is 5.66. The van der Waals surface area contributed by atoms with Crippen LogP contribution in [0.3, 0.4) is 0 Å². The van der Waals surface area contributed by atoms with Crippen molar-refractivity contribution < 1.29 is 0 Å². The van der Waals surface area contributed by atoms with E-state index in [-0.39, 0.29) is 12.4 Å². The summed E-state index contributed by atoms with van der Waals surface area (Å²) in [5, 5.41) is 4.88. The molecule has 1 saturated heterocycles. The fraction of sp³-hybridized carbons (Fsp3) is 0.500. The fourth-order valence-electron chi connectivity index (χ4n) is 2.35. The lowest BCUT2D eigenvalue weighted by Gasteiger charge is -2.34. The first-order valence-electron chi connectivity index (χ1n) is 6.37. The molecule has 0 bridgehead atoms. The second-order valence-corrected chi connectivity index (χ2v) is 5.95. The molecule has 1 aliphatic heterocycles. The van der Waals surface area contributed by atoms with E-state index in [1.165, 1.54) is 10.6 Å². The van der Waals surface area contributed by atoms with Gasteiger partial charge in [0.2, 0.25) is 0 Å². The molecule has 3 rings (SSSR count). The van der Waals surface area contributed by atoms with E-state index >= 15 is 0 Å². The van der Waals surface area contributed by atoms with Crippen molar-refractivity contribution in [2.75, 3.05) is 36.8 Å². The van der Waals surface area contributed by atoms with Crippen LogP contribution in [0, 0.1) is 0 Å². The van der Waals surface area contributed by atoms with Crippen LogP contribution in [0.15, 0.2) is 18.6 Å². The molecular weight excluding hydrogens is 296 g/mol. The molecule has 110 valence electrons. The van der Waals surface area contributed by atoms with Crippen LogP contribution in [-0.4, -0.2) is 45.8 Å². The van der Waals surface area contributed by atoms with Crippen molar-refractivity contribution >= 4 is 34.6 Å². The summed E-state index contributed by atoms with van der Waals surface area (Å²) < 4.78 is 1.85. The Balaban J connectivity index is 0.00000147. The monoisotopic (exact) mass is 314 g/mol. The van der Waals surface area contributed by atoms with Gasteiger partial charge in [-0.3, -0.25) is 9.58 Å². The third-order valence-corrected chi connectivity index (χ3v) is 4.19. The van der Waals surface area contributed by atoms with Crippen LogP contribution in [0.4, 0.5) is 10.8 Å². The number of aromatic nitrogens is 3. The van der Waals surface area contributed by atoms with Gasteiger partial charge in [0.15, 0.2) is 5.13 Å². The van der Waals surface area contributed by atoms with Gasteiger partial charge in [0.1, 0.15) is 0 Å². The lowest BCUT2D eigenvalue weighted by molar-refractivity contribution is 0.252. The van der Waals surface area contributed by atoms with Crippen molar-refractivity contribution in [3.8, 4) is 0 Å². The summed E-state index contributed by atoms with van der Waals surface area (Å²) in [5.74, 6) is 0. The Kier molecular flexibility index (Phi) is 4.85. The molecule has 0 unspecified atom stereocenters. The smallest absolute Gasteiger partial charge is 0.180 e. The van der Waals surface area contributed by atoms with Crippen molar-refractivity contribution in [2.24, 2.45) is 7.05 Å². The van der Waals surface area contributed by atoms with E-state index in [0.29, 0.717) is 5.13 Å². The maximum Gasteiger partial charge on any atom is 0.180 e. The molecule has 3 heterocycles. The number of thiazole rings is 1. The molecule has 0 aromatic carbocycles. The third kappa shape index (κ3) is 3.41. The van der Waals surface area contributed by atoms with Crippen LogP contribution in [0.2, 0.25) is 0 Å². The van der Waals surface area contributed by atoms with E-state index in [1.807, 2.05) is 24.1 Å². The second kappa shape index (κ2) is 6.43. The van der Waals surface area contributed by atoms with Crippen LogP contribution >= 0.6 is 23.7 Å². The van der Waals surface area contributed by atoms with Gasteiger partial charge >= 0.3 is 0 Å². The zero-order valence-electron chi connectivity index (χ0n) is 11.4. The number of nitrogen functional groups attached to an aromatic ring is 1. The third-order valence-electron chi connectivity index (χ3n) is 3.38. The number of hydrogen-bond acceptors (Lipinski definition) is 6. The molecule has 2 aromatic heterocycles. The second-order valence-electron chi connectivity index (χ2n) is 4.80. The van der Waals surface area contributed by atoms with Gasteiger partial charge in [-0.2, -0.15) is 5.10 Å². The van der Waals surface area contributed by atoms with E-state index in [1.54, 1.807) is 11.3 Å². The summed E-state index contributed by atoms with van der Waals surface area (Å²) in [6, 6.07) is 0. The summed E-state index contributed by atoms with van der Waals surface area (Å²) in [6.45, 7) is 5.16. The zero-order valence-corrected chi connectivity index (χ0v) is 13.0. The minimum atomic E-state index is 0. The summed E-state index contributed by atoms with van der Waals surface area (Å²) in [6.07, 6.45) is 5.88. The number of aryl methyl sites for hydroxylation is 1. The maximum absolute atomic E-state index is 5.66. The van der Waals surface area contributed by atoms with Gasteiger partial charge in [-0.05, 0) is 0 Å². The molecule has 0 aliphatic carbocycles. The SMILES string of the molecule is Cl.Cn1cc(N2CCN(Cc3cnc(N)s3)CC2)cn1. The summed E-state index contributed by atoms with van der Waals surface area (Å²) in [5.41, 5.74) is 6.87. The topological polar surface area (TPSA) is 63.2 Å². The Hall–Kier alpha value is -1.31. The number of rotatable bonds is 3. The highest BCUT2D eigenvalue weighted by atomic mass is 35.5. The first-order valence-corrected chi connectivity index (χ1v) is 7.18. The van der Waals surface area contributed by atoms with Gasteiger partial charge in [0, 0.05) is 57.0 Å². The van der Waals surface area contributed by atoms with E-state index in [2.05, 4.69) is 26.1 Å². The number of halogens is 1. The quantitative estimate of drug-likeness (QED) is 0.922. The molecule has 0 saturated carbocycles. The number of piperazine rings is 1. The number of nitrogens with two attached hydrogens (primary N) is 1. The van der Waals surface area contributed by atoms with Crippen LogP contribution in [-0.2, 0) is 13.6 Å². The molecular formula is C12H19ClN6S. The molecule has 2 N–H and O–H groups in total. The number of hydrogen-bond donors (Lipinski definition) is 1. The zero-order chi connectivity index (χ0) is 13.2. The van der Waals surface area contributed by atoms with Crippen LogP contribution in [0.25, 0.3) is 0 Å². The summed E-state index contributed by atoms with van der Waals surface area (Å²) >= 11 is 1.58. The van der Waals surface area contributed by atoms with Crippen molar-refractivity contribution in [2.45, 2.75) is 6.54 Å². The van der Waals surface area contributed by atoms with E-state index in [4.69, 9.17) is 5.73 Å². The summed E-state index contributed by atoms with van der Waals surface area (Å²) in [4.78, 5) is 10.2. The Morgan fingerprint density at radius 3 is 2.55 bits per heavy atom. The highest BCUT2D eigenvalue weighted by molar-refractivity contribution is 7.15. The van der Waals surface area contributed by atoms with Gasteiger partial charge in [-0.25, -0.2) is 4.98 Å². The van der Waals surface area contributed by atoms with Crippen molar-refractivity contribution in [3.63, 3.8) is 0 Å². The predicted octanol–water partition coefficient (Wildman–Crippen LogP) is 1.20. The normalized spacial score (nSPS) is 16.1. The van der Waals surface area contributed by atoms with Crippen molar-refractivity contribution in [3.05, 3.63) is 23.5 Å². The first-order chi connectivity index (χ1) is 9.20. The summed E-state index contributed by atoms with van der Waals surface area (Å²) in [7, 11) is 1.95. The Morgan fingerprint density at radius 2 is 2.00 bits per heavy atom. The van der Waals surface area contributed by atoms with Gasteiger partial charge in [0.25, 0.3) is 0 Å². The molecule has 6 nitrogen and oxygen atoms in total. The van der Waals surface area contributed by atoms with Crippen LogP contribution in [0.5, 0.6) is 0 Å². The van der Waals surface area contributed by atoms with E-state index < -0.39 is 0 Å². The Labute approximate surface area is 128 Å². The largest absolute Gasteiger partial charge is 0.375 e. The molecule has 2 aromatic rings. The van der Waals surface area contributed by atoms with Crippen molar-refractivity contribution in [1.82, 2.24) is 19.7 Å².